The van der Waals surface area contributed by atoms with Gasteiger partial charge >= 0.3 is 5.69 Å². The van der Waals surface area contributed by atoms with Crippen molar-refractivity contribution in [1.29, 1.82) is 0 Å². The average Bonchev–Trinajstić information content (AvgIpc) is 2.85. The summed E-state index contributed by atoms with van der Waals surface area (Å²) in [6.45, 7) is 2.25. The Kier molecular flexibility index (Phi) is 4.71. The van der Waals surface area contributed by atoms with Crippen LogP contribution in [0.15, 0.2) is 47.3 Å². The molecule has 0 radical (unpaired) electrons. The third-order valence-electron chi connectivity index (χ3n) is 4.18. The molecule has 2 aromatic carbocycles. The second kappa shape index (κ2) is 6.77. The second-order valence-electron chi connectivity index (χ2n) is 5.55. The molecule has 0 saturated carbocycles. The van der Waals surface area contributed by atoms with Crippen LogP contribution < -0.4 is 5.69 Å². The van der Waals surface area contributed by atoms with Crippen molar-refractivity contribution in [3.63, 3.8) is 0 Å². The predicted octanol–water partition coefficient (Wildman–Crippen LogP) is 4.32. The van der Waals surface area contributed by atoms with Gasteiger partial charge in [-0.2, -0.15) is 0 Å². The van der Waals surface area contributed by atoms with Crippen molar-refractivity contribution in [1.82, 2.24) is 9.13 Å². The first kappa shape index (κ1) is 16.7. The number of nitrogens with zero attached hydrogens (tertiary/aromatic N) is 2. The van der Waals surface area contributed by atoms with Gasteiger partial charge in [0.15, 0.2) is 0 Å². The van der Waals surface area contributed by atoms with Crippen LogP contribution in [0.2, 0.25) is 0 Å². The number of imidazole rings is 1. The summed E-state index contributed by atoms with van der Waals surface area (Å²) in [7, 11) is 0. The molecular formula is C18H17ClF2N2O. The van der Waals surface area contributed by atoms with Gasteiger partial charge in [-0.15, -0.1) is 11.6 Å². The van der Waals surface area contributed by atoms with Gasteiger partial charge in [-0.1, -0.05) is 18.2 Å². The summed E-state index contributed by atoms with van der Waals surface area (Å²) in [5.74, 6) is -0.617. The smallest absolute Gasteiger partial charge is 0.292 e. The molecular weight excluding hydrogens is 334 g/mol. The highest BCUT2D eigenvalue weighted by Gasteiger charge is 2.23. The molecule has 24 heavy (non-hydrogen) atoms. The second-order valence-corrected chi connectivity index (χ2v) is 5.93. The molecule has 0 amide bonds. The number of benzene rings is 2. The molecule has 0 N–H and O–H groups in total. The van der Waals surface area contributed by atoms with E-state index in [1.165, 1.54) is 27.3 Å². The van der Waals surface area contributed by atoms with Crippen molar-refractivity contribution in [3.05, 3.63) is 70.1 Å². The monoisotopic (exact) mass is 350 g/mol. The number of halogens is 3. The summed E-state index contributed by atoms with van der Waals surface area (Å²) in [5.41, 5.74) is 1.02. The van der Waals surface area contributed by atoms with Crippen LogP contribution in [0.3, 0.4) is 0 Å². The molecule has 1 heterocycles. The number of aromatic nitrogens is 2. The lowest BCUT2D eigenvalue weighted by atomic mass is 10.0. The minimum absolute atomic E-state index is 0.226. The SMILES string of the molecule is CCn1c(=O)n([C@H](CCCl)c2cccc(F)c2)c2c(F)cccc21. The first-order valence-electron chi connectivity index (χ1n) is 7.79. The minimum Gasteiger partial charge on any atom is -0.292 e. The maximum atomic E-state index is 14.5. The van der Waals surface area contributed by atoms with E-state index >= 15 is 0 Å². The van der Waals surface area contributed by atoms with Crippen molar-refractivity contribution in [2.45, 2.75) is 25.9 Å². The Morgan fingerprint density at radius 3 is 2.58 bits per heavy atom. The van der Waals surface area contributed by atoms with E-state index in [9.17, 15) is 13.6 Å². The van der Waals surface area contributed by atoms with Crippen LogP contribution in [0, 0.1) is 11.6 Å². The number of aryl methyl sites for hydroxylation is 1. The van der Waals surface area contributed by atoms with Gasteiger partial charge in [0, 0.05) is 12.4 Å². The Labute approximate surface area is 143 Å². The van der Waals surface area contributed by atoms with Crippen LogP contribution in [0.5, 0.6) is 0 Å². The van der Waals surface area contributed by atoms with Crippen LogP contribution in [0.25, 0.3) is 11.0 Å². The zero-order valence-electron chi connectivity index (χ0n) is 13.2. The van der Waals surface area contributed by atoms with E-state index in [1.807, 2.05) is 6.92 Å². The number of alkyl halides is 1. The molecule has 0 fully saturated rings. The van der Waals surface area contributed by atoms with E-state index in [0.29, 0.717) is 24.0 Å². The molecule has 0 bridgehead atoms. The van der Waals surface area contributed by atoms with Crippen molar-refractivity contribution in [3.8, 4) is 0 Å². The number of hydrogen-bond acceptors (Lipinski definition) is 1. The molecule has 3 aromatic rings. The minimum atomic E-state index is -0.530. The van der Waals surface area contributed by atoms with Crippen molar-refractivity contribution in [2.24, 2.45) is 0 Å². The lowest BCUT2D eigenvalue weighted by Crippen LogP contribution is -2.28. The quantitative estimate of drug-likeness (QED) is 0.629. The molecule has 0 spiro atoms. The Morgan fingerprint density at radius 2 is 1.92 bits per heavy atom. The van der Waals surface area contributed by atoms with Gasteiger partial charge in [-0.25, -0.2) is 13.6 Å². The molecule has 0 saturated heterocycles. The van der Waals surface area contributed by atoms with Crippen LogP contribution in [0.1, 0.15) is 24.9 Å². The lowest BCUT2D eigenvalue weighted by molar-refractivity contribution is 0.532. The van der Waals surface area contributed by atoms with E-state index in [2.05, 4.69) is 0 Å². The summed E-state index contributed by atoms with van der Waals surface area (Å²) >= 11 is 5.91. The molecule has 1 aromatic heterocycles. The molecule has 0 aliphatic heterocycles. The molecule has 0 unspecified atom stereocenters. The summed E-state index contributed by atoms with van der Waals surface area (Å²) < 4.78 is 31.0. The number of fused-ring (bicyclic) bond motifs is 1. The molecule has 126 valence electrons. The number of rotatable bonds is 5. The Morgan fingerprint density at radius 1 is 1.17 bits per heavy atom. The molecule has 1 atom stereocenters. The van der Waals surface area contributed by atoms with Crippen LogP contribution in [0.4, 0.5) is 8.78 Å². The first-order chi connectivity index (χ1) is 11.6. The highest BCUT2D eigenvalue weighted by atomic mass is 35.5. The van der Waals surface area contributed by atoms with Crippen LogP contribution in [-0.4, -0.2) is 15.0 Å². The normalized spacial score (nSPS) is 12.7. The molecule has 6 heteroatoms. The van der Waals surface area contributed by atoms with Gasteiger partial charge in [-0.3, -0.25) is 9.13 Å². The maximum absolute atomic E-state index is 14.5. The van der Waals surface area contributed by atoms with E-state index < -0.39 is 17.7 Å². The van der Waals surface area contributed by atoms with Crippen molar-refractivity contribution in [2.75, 3.05) is 5.88 Å². The zero-order valence-corrected chi connectivity index (χ0v) is 13.9. The predicted molar refractivity (Wildman–Crippen MR) is 91.7 cm³/mol. The zero-order chi connectivity index (χ0) is 17.3. The highest BCUT2D eigenvalue weighted by molar-refractivity contribution is 6.17. The van der Waals surface area contributed by atoms with Crippen molar-refractivity contribution >= 4 is 22.6 Å². The molecule has 3 rings (SSSR count). The van der Waals surface area contributed by atoms with Gasteiger partial charge < -0.3 is 0 Å². The largest absolute Gasteiger partial charge is 0.329 e. The molecule has 3 nitrogen and oxygen atoms in total. The summed E-state index contributed by atoms with van der Waals surface area (Å²) in [6.07, 6.45) is 0.391. The summed E-state index contributed by atoms with van der Waals surface area (Å²) in [4.78, 5) is 12.9. The summed E-state index contributed by atoms with van der Waals surface area (Å²) in [5, 5.41) is 0. The fraction of sp³-hybridized carbons (Fsp3) is 0.278. The van der Waals surface area contributed by atoms with E-state index in [-0.39, 0.29) is 17.1 Å². The molecule has 0 aliphatic rings. The fourth-order valence-electron chi connectivity index (χ4n) is 3.15. The van der Waals surface area contributed by atoms with Gasteiger partial charge in [0.2, 0.25) is 0 Å². The average molecular weight is 351 g/mol. The first-order valence-corrected chi connectivity index (χ1v) is 8.32. The highest BCUT2D eigenvalue weighted by Crippen LogP contribution is 2.28. The van der Waals surface area contributed by atoms with Crippen LogP contribution in [-0.2, 0) is 6.54 Å². The number of hydrogen-bond donors (Lipinski definition) is 0. The third-order valence-corrected chi connectivity index (χ3v) is 4.40. The van der Waals surface area contributed by atoms with E-state index in [1.54, 1.807) is 24.3 Å². The summed E-state index contributed by atoms with van der Waals surface area (Å²) in [6, 6.07) is 10.1. The number of para-hydroxylation sites is 1. The van der Waals surface area contributed by atoms with Crippen molar-refractivity contribution < 1.29 is 8.78 Å². The topological polar surface area (TPSA) is 26.9 Å². The van der Waals surface area contributed by atoms with E-state index in [4.69, 9.17) is 11.6 Å². The standard InChI is InChI=1S/C18H17ClF2N2O/c1-2-22-16-8-4-7-14(21)17(16)23(18(22)24)15(9-10-19)12-5-3-6-13(20)11-12/h3-8,11,15H,2,9-10H2,1H3/t15-/m1/s1. The fourth-order valence-corrected chi connectivity index (χ4v) is 3.35. The van der Waals surface area contributed by atoms with Gasteiger partial charge in [0.25, 0.3) is 0 Å². The molecule has 0 aliphatic carbocycles. The lowest BCUT2D eigenvalue weighted by Gasteiger charge is -2.18. The Bertz CT molecular complexity index is 932. The third kappa shape index (κ3) is 2.73. The van der Waals surface area contributed by atoms with Gasteiger partial charge in [-0.05, 0) is 43.2 Å². The maximum Gasteiger partial charge on any atom is 0.329 e. The van der Waals surface area contributed by atoms with Crippen LogP contribution >= 0.6 is 11.6 Å². The van der Waals surface area contributed by atoms with Gasteiger partial charge in [0.1, 0.15) is 17.2 Å². The Hall–Kier alpha value is -2.14. The van der Waals surface area contributed by atoms with E-state index in [0.717, 1.165) is 0 Å². The Balaban J connectivity index is 2.33. The van der Waals surface area contributed by atoms with Gasteiger partial charge in [0.05, 0.1) is 11.6 Å².